The Balaban J connectivity index is -0.0000000750. The number of hydrogen-bond donors (Lipinski definition) is 3. The van der Waals surface area contributed by atoms with Crippen molar-refractivity contribution in [2.75, 3.05) is 6.61 Å². The van der Waals surface area contributed by atoms with Gasteiger partial charge in [0.05, 0.1) is 0 Å². The van der Waals surface area contributed by atoms with Crippen LogP contribution in [0.2, 0.25) is 0 Å². The van der Waals surface area contributed by atoms with Crippen molar-refractivity contribution in [3.63, 3.8) is 0 Å². The fraction of sp³-hybridized carbons (Fsp3) is 1.00. The van der Waals surface area contributed by atoms with Gasteiger partial charge in [-0.3, -0.25) is 0 Å². The number of aliphatic hydroxyl groups excluding tert-OH is 1. The molecule has 8 nitrogen and oxygen atoms in total. The summed E-state index contributed by atoms with van der Waals surface area (Å²) in [6, 6.07) is 0. The van der Waals surface area contributed by atoms with E-state index >= 15 is 0 Å². The summed E-state index contributed by atoms with van der Waals surface area (Å²) in [6.07, 6.45) is 0. The van der Waals surface area contributed by atoms with Crippen LogP contribution in [-0.4, -0.2) is 27.2 Å². The van der Waals surface area contributed by atoms with Crippen LogP contribution >= 0.6 is 0 Å². The summed E-state index contributed by atoms with van der Waals surface area (Å²) in [5, 5.41) is 29.1. The fourth-order valence-electron chi connectivity index (χ4n) is 0. The van der Waals surface area contributed by atoms with Crippen LogP contribution in [0.5, 0.6) is 0 Å². The standard InChI is InChI=1S/C2H6O.HNO3.HNO2/c1-2-3;2-1(3)4;2-1-3/h3H,2H2,1H3;(H,2,3,4);(H,2,3). The zero-order valence-electron chi connectivity index (χ0n) is 5.17. The smallest absolute Gasteiger partial charge is 0.291 e. The van der Waals surface area contributed by atoms with Crippen molar-refractivity contribution in [3.05, 3.63) is 15.0 Å². The Kier molecular flexibility index (Phi) is 40.6. The monoisotopic (exact) mass is 156 g/mol. The van der Waals surface area contributed by atoms with Gasteiger partial charge >= 0.3 is 0 Å². The minimum Gasteiger partial charge on any atom is -0.397 e. The first-order valence-electron chi connectivity index (χ1n) is 1.97. The third-order valence-corrected chi connectivity index (χ3v) is 0. The topological polar surface area (TPSA) is 133 Å². The fourth-order valence-corrected chi connectivity index (χ4v) is 0. The van der Waals surface area contributed by atoms with Gasteiger partial charge in [-0.05, 0) is 6.92 Å². The van der Waals surface area contributed by atoms with Gasteiger partial charge < -0.3 is 15.5 Å². The zero-order valence-corrected chi connectivity index (χ0v) is 5.17. The van der Waals surface area contributed by atoms with E-state index in [0.717, 1.165) is 0 Å². The molecule has 62 valence electrons. The lowest BCUT2D eigenvalue weighted by Crippen LogP contribution is -1.81. The summed E-state index contributed by atoms with van der Waals surface area (Å²) >= 11 is 0. The number of aliphatic hydroxyl groups is 1. The predicted molar refractivity (Wildman–Crippen MR) is 29.1 cm³/mol. The van der Waals surface area contributed by atoms with E-state index in [1.54, 1.807) is 6.92 Å². The van der Waals surface area contributed by atoms with Gasteiger partial charge in [-0.2, -0.15) is 0 Å². The maximum atomic E-state index is 8.36. The average molecular weight is 156 g/mol. The van der Waals surface area contributed by atoms with E-state index < -0.39 is 5.09 Å². The molecule has 0 saturated carbocycles. The number of hydrogen-bond acceptors (Lipinski definition) is 5. The van der Waals surface area contributed by atoms with Crippen molar-refractivity contribution >= 4 is 0 Å². The molecule has 0 saturated heterocycles. The molecule has 3 N–H and O–H groups in total. The van der Waals surface area contributed by atoms with E-state index in [0.29, 0.717) is 0 Å². The lowest BCUT2D eigenvalue weighted by molar-refractivity contribution is -0.742. The van der Waals surface area contributed by atoms with Gasteiger partial charge in [0.1, 0.15) is 0 Å². The van der Waals surface area contributed by atoms with Crippen LogP contribution in [-0.2, 0) is 0 Å². The first kappa shape index (κ1) is 15.8. The number of nitrogens with zero attached hydrogens (tertiary/aromatic N) is 2. The second-order valence-corrected chi connectivity index (χ2v) is 0.636. The Morgan fingerprint density at radius 2 is 1.70 bits per heavy atom. The SMILES string of the molecule is CCO.O=NO.O=[N+]([O-])O. The molecule has 0 radical (unpaired) electrons. The quantitative estimate of drug-likeness (QED) is 0.252. The van der Waals surface area contributed by atoms with Crippen molar-refractivity contribution in [2.45, 2.75) is 6.92 Å². The number of rotatable bonds is 0. The molecule has 0 aliphatic rings. The largest absolute Gasteiger partial charge is 0.397 e. The Morgan fingerprint density at radius 1 is 1.70 bits per heavy atom. The van der Waals surface area contributed by atoms with Crippen LogP contribution < -0.4 is 0 Å². The summed E-state index contributed by atoms with van der Waals surface area (Å²) in [7, 11) is 0. The Hall–Kier alpha value is -1.44. The van der Waals surface area contributed by atoms with Gasteiger partial charge in [0, 0.05) is 6.61 Å². The second-order valence-electron chi connectivity index (χ2n) is 0.636. The van der Waals surface area contributed by atoms with Crippen LogP contribution in [0.3, 0.4) is 0 Å². The van der Waals surface area contributed by atoms with Crippen LogP contribution in [0.4, 0.5) is 0 Å². The molecule has 0 rings (SSSR count). The van der Waals surface area contributed by atoms with Crippen LogP contribution in [0.15, 0.2) is 5.34 Å². The van der Waals surface area contributed by atoms with Crippen LogP contribution in [0.1, 0.15) is 6.92 Å². The highest BCUT2D eigenvalue weighted by Gasteiger charge is 1.65. The van der Waals surface area contributed by atoms with E-state index in [2.05, 4.69) is 0 Å². The molecule has 0 bridgehead atoms. The van der Waals surface area contributed by atoms with Crippen LogP contribution in [0, 0.1) is 15.0 Å². The molecule has 0 aromatic rings. The van der Waals surface area contributed by atoms with Gasteiger partial charge in [0.25, 0.3) is 5.09 Å². The lowest BCUT2D eigenvalue weighted by atomic mass is 10.9. The first-order chi connectivity index (χ1) is 4.56. The summed E-state index contributed by atoms with van der Waals surface area (Å²) < 4.78 is 0. The van der Waals surface area contributed by atoms with E-state index in [9.17, 15) is 0 Å². The van der Waals surface area contributed by atoms with Crippen molar-refractivity contribution in [2.24, 2.45) is 5.34 Å². The molecule has 0 unspecified atom stereocenters. The Morgan fingerprint density at radius 3 is 1.70 bits per heavy atom. The molecular formula is C2H8N2O6. The van der Waals surface area contributed by atoms with Gasteiger partial charge in [-0.25, -0.2) is 0 Å². The molecule has 0 aliphatic carbocycles. The molecule has 0 heterocycles. The molecular weight excluding hydrogens is 148 g/mol. The van der Waals surface area contributed by atoms with E-state index in [1.807, 2.05) is 0 Å². The Labute approximate surface area is 55.8 Å². The summed E-state index contributed by atoms with van der Waals surface area (Å²) in [4.78, 5) is 16.5. The van der Waals surface area contributed by atoms with Gasteiger partial charge in [0.2, 0.25) is 0 Å². The highest BCUT2D eigenvalue weighted by molar-refractivity contribution is 3.84. The van der Waals surface area contributed by atoms with Crippen molar-refractivity contribution in [3.8, 4) is 0 Å². The summed E-state index contributed by atoms with van der Waals surface area (Å²) in [6.45, 7) is 1.93. The highest BCUT2D eigenvalue weighted by atomic mass is 16.9. The molecule has 0 fully saturated rings. The first-order valence-corrected chi connectivity index (χ1v) is 1.97. The minimum atomic E-state index is -1.50. The molecule has 0 atom stereocenters. The van der Waals surface area contributed by atoms with Crippen LogP contribution in [0.25, 0.3) is 0 Å². The normalized spacial score (nSPS) is 5.40. The molecule has 0 amide bonds. The van der Waals surface area contributed by atoms with Gasteiger partial charge in [-0.15, -0.1) is 15.0 Å². The zero-order chi connectivity index (χ0) is 8.99. The van der Waals surface area contributed by atoms with E-state index in [1.165, 1.54) is 5.34 Å². The molecule has 10 heavy (non-hydrogen) atoms. The second kappa shape index (κ2) is 25.7. The highest BCUT2D eigenvalue weighted by Crippen LogP contribution is 1.38. The van der Waals surface area contributed by atoms with Gasteiger partial charge in [-0.1, -0.05) is 0 Å². The van der Waals surface area contributed by atoms with Crippen molar-refractivity contribution in [1.29, 1.82) is 0 Å². The third kappa shape index (κ3) is 97.8. The maximum Gasteiger partial charge on any atom is 0.291 e. The molecule has 8 heteroatoms. The lowest BCUT2D eigenvalue weighted by Gasteiger charge is -1.56. The average Bonchev–Trinajstić information content (AvgIpc) is 1.65. The molecule has 0 spiro atoms. The summed E-state index contributed by atoms with van der Waals surface area (Å²) in [5.41, 5.74) is 0. The molecule has 0 aliphatic heterocycles. The predicted octanol–water partition coefficient (Wildman–Crippen LogP) is -0.207. The van der Waals surface area contributed by atoms with Crippen molar-refractivity contribution < 1.29 is 20.6 Å². The molecule has 0 aromatic carbocycles. The third-order valence-electron chi connectivity index (χ3n) is 0. The summed E-state index contributed by atoms with van der Waals surface area (Å²) in [5.74, 6) is 0. The minimum absolute atomic E-state index is 0.250. The van der Waals surface area contributed by atoms with E-state index in [-0.39, 0.29) is 6.61 Å². The maximum absolute atomic E-state index is 8.36. The molecule has 0 aromatic heterocycles. The van der Waals surface area contributed by atoms with Gasteiger partial charge in [0.15, 0.2) is 5.34 Å². The van der Waals surface area contributed by atoms with E-state index in [4.69, 9.17) is 30.5 Å². The Bertz CT molecular complexity index is 70.1. The van der Waals surface area contributed by atoms with Crippen molar-refractivity contribution in [1.82, 2.24) is 0 Å².